The molecule has 36 heavy (non-hydrogen) atoms. The van der Waals surface area contributed by atoms with Crippen molar-refractivity contribution in [2.45, 2.75) is 52.1 Å². The second kappa shape index (κ2) is 10.9. The number of nitrogens with one attached hydrogen (secondary N) is 2. The molecule has 186 valence electrons. The fourth-order valence-corrected chi connectivity index (χ4v) is 3.99. The minimum Gasteiger partial charge on any atom is -0.309 e. The van der Waals surface area contributed by atoms with Gasteiger partial charge in [-0.15, -0.1) is 0 Å². The number of nitrogens with zero attached hydrogens (tertiary/aromatic N) is 3. The van der Waals surface area contributed by atoms with Gasteiger partial charge in [0.2, 0.25) is 5.91 Å². The van der Waals surface area contributed by atoms with Gasteiger partial charge in [-0.05, 0) is 56.9 Å². The summed E-state index contributed by atoms with van der Waals surface area (Å²) in [7, 11) is 0. The number of benzene rings is 2. The Bertz CT molecular complexity index is 1270. The molecule has 2 N–H and O–H groups in total. The standard InChI is InChI=1S/C30H35N5O/c1-21-11-13-23(14-12-21)22(2)17-32-28(24-9-7-6-8-10-24)29(36)34-27-16-15-25(18-31-27)26-19-33-35(20-26)30(3,4)5/h6-16,18-20,22,28,32H,17H2,1-5H3,(H,31,34,36)/t22-,28+/m0/s1. The van der Waals surface area contributed by atoms with E-state index in [0.29, 0.717) is 12.4 Å². The molecule has 4 rings (SSSR count). The molecule has 0 radical (unpaired) electrons. The van der Waals surface area contributed by atoms with Gasteiger partial charge in [0.15, 0.2) is 0 Å². The van der Waals surface area contributed by atoms with Gasteiger partial charge in [-0.2, -0.15) is 5.10 Å². The molecule has 2 atom stereocenters. The SMILES string of the molecule is Cc1ccc([C@@H](C)CN[C@@H](C(=O)Nc2ccc(-c3cnn(C(C)(C)C)c3)cn2)c2ccccc2)cc1. The van der Waals surface area contributed by atoms with E-state index in [1.807, 2.05) is 59.5 Å². The molecule has 0 unspecified atom stereocenters. The highest BCUT2D eigenvalue weighted by molar-refractivity contribution is 5.95. The van der Waals surface area contributed by atoms with Crippen molar-refractivity contribution in [1.82, 2.24) is 20.1 Å². The number of carbonyl (C=O) groups is 1. The third-order valence-electron chi connectivity index (χ3n) is 6.29. The number of aryl methyl sites for hydroxylation is 1. The van der Waals surface area contributed by atoms with Gasteiger partial charge in [-0.1, -0.05) is 67.1 Å². The zero-order valence-corrected chi connectivity index (χ0v) is 21.7. The van der Waals surface area contributed by atoms with Gasteiger partial charge in [0.05, 0.1) is 11.7 Å². The van der Waals surface area contributed by atoms with Crippen molar-refractivity contribution in [3.05, 3.63) is 102 Å². The molecule has 4 aromatic rings. The van der Waals surface area contributed by atoms with Gasteiger partial charge in [0, 0.05) is 30.1 Å². The van der Waals surface area contributed by atoms with E-state index in [2.05, 4.69) is 79.6 Å². The first-order chi connectivity index (χ1) is 17.2. The van der Waals surface area contributed by atoms with Gasteiger partial charge in [0.25, 0.3) is 0 Å². The van der Waals surface area contributed by atoms with E-state index in [4.69, 9.17) is 0 Å². The molecule has 2 aromatic heterocycles. The highest BCUT2D eigenvalue weighted by atomic mass is 16.2. The predicted octanol–water partition coefficient (Wildman–Crippen LogP) is 6.08. The third-order valence-corrected chi connectivity index (χ3v) is 6.29. The van der Waals surface area contributed by atoms with Crippen LogP contribution in [0.1, 0.15) is 56.3 Å². The van der Waals surface area contributed by atoms with Crippen LogP contribution in [0.4, 0.5) is 5.82 Å². The minimum atomic E-state index is -0.495. The van der Waals surface area contributed by atoms with Crippen LogP contribution in [0.15, 0.2) is 85.3 Å². The predicted molar refractivity (Wildman–Crippen MR) is 146 cm³/mol. The second-order valence-electron chi connectivity index (χ2n) is 10.3. The molecule has 6 nitrogen and oxygen atoms in total. The molecule has 0 bridgehead atoms. The van der Waals surface area contributed by atoms with Crippen molar-refractivity contribution >= 4 is 11.7 Å². The fraction of sp³-hybridized carbons (Fsp3) is 0.300. The number of amides is 1. The van der Waals surface area contributed by atoms with Crippen molar-refractivity contribution in [3.63, 3.8) is 0 Å². The monoisotopic (exact) mass is 481 g/mol. The first-order valence-corrected chi connectivity index (χ1v) is 12.4. The lowest BCUT2D eigenvalue weighted by atomic mass is 9.98. The summed E-state index contributed by atoms with van der Waals surface area (Å²) in [6.45, 7) is 11.2. The average Bonchev–Trinajstić information content (AvgIpc) is 3.37. The summed E-state index contributed by atoms with van der Waals surface area (Å²) in [5.74, 6) is 0.635. The molecule has 0 fully saturated rings. The van der Waals surface area contributed by atoms with Crippen LogP contribution in [0, 0.1) is 6.92 Å². The van der Waals surface area contributed by atoms with Crippen LogP contribution in [0.5, 0.6) is 0 Å². The Kier molecular flexibility index (Phi) is 7.65. The van der Waals surface area contributed by atoms with Crippen LogP contribution in [0.3, 0.4) is 0 Å². The molecule has 1 amide bonds. The fourth-order valence-electron chi connectivity index (χ4n) is 3.99. The molecule has 0 aliphatic heterocycles. The zero-order valence-electron chi connectivity index (χ0n) is 21.7. The van der Waals surface area contributed by atoms with E-state index in [1.54, 1.807) is 6.20 Å². The van der Waals surface area contributed by atoms with Crippen LogP contribution >= 0.6 is 0 Å². The van der Waals surface area contributed by atoms with E-state index < -0.39 is 6.04 Å². The molecule has 2 aromatic carbocycles. The molecule has 0 aliphatic rings. The van der Waals surface area contributed by atoms with Gasteiger partial charge < -0.3 is 10.6 Å². The Morgan fingerprint density at radius 1 is 0.917 bits per heavy atom. The van der Waals surface area contributed by atoms with Crippen LogP contribution in [0.25, 0.3) is 11.1 Å². The first kappa shape index (κ1) is 25.3. The topological polar surface area (TPSA) is 71.8 Å². The number of carbonyl (C=O) groups excluding carboxylic acids is 1. The number of aromatic nitrogens is 3. The maximum Gasteiger partial charge on any atom is 0.247 e. The van der Waals surface area contributed by atoms with Crippen molar-refractivity contribution in [1.29, 1.82) is 0 Å². The van der Waals surface area contributed by atoms with Crippen molar-refractivity contribution < 1.29 is 4.79 Å². The molecule has 2 heterocycles. The van der Waals surface area contributed by atoms with E-state index >= 15 is 0 Å². The van der Waals surface area contributed by atoms with Crippen LogP contribution in [0.2, 0.25) is 0 Å². The Hall–Kier alpha value is -3.77. The number of rotatable bonds is 8. The molecular weight excluding hydrogens is 446 g/mol. The van der Waals surface area contributed by atoms with Gasteiger partial charge in [-0.3, -0.25) is 9.48 Å². The quantitative estimate of drug-likeness (QED) is 0.320. The summed E-state index contributed by atoms with van der Waals surface area (Å²) in [6, 6.07) is 21.6. The number of anilines is 1. The van der Waals surface area contributed by atoms with Crippen LogP contribution in [-0.4, -0.2) is 27.2 Å². The Morgan fingerprint density at radius 2 is 1.64 bits per heavy atom. The maximum absolute atomic E-state index is 13.3. The van der Waals surface area contributed by atoms with Crippen molar-refractivity contribution in [3.8, 4) is 11.1 Å². The average molecular weight is 482 g/mol. The zero-order chi connectivity index (χ0) is 25.7. The Labute approximate surface area is 213 Å². The van der Waals surface area contributed by atoms with E-state index in [1.165, 1.54) is 11.1 Å². The maximum atomic E-state index is 13.3. The Morgan fingerprint density at radius 3 is 2.25 bits per heavy atom. The number of pyridine rings is 1. The summed E-state index contributed by atoms with van der Waals surface area (Å²) in [5, 5.41) is 10.9. The van der Waals surface area contributed by atoms with Gasteiger partial charge in [-0.25, -0.2) is 4.98 Å². The molecule has 6 heteroatoms. The summed E-state index contributed by atoms with van der Waals surface area (Å²) < 4.78 is 1.94. The minimum absolute atomic E-state index is 0.0873. The lowest BCUT2D eigenvalue weighted by Crippen LogP contribution is -2.35. The number of hydrogen-bond acceptors (Lipinski definition) is 4. The second-order valence-corrected chi connectivity index (χ2v) is 10.3. The van der Waals surface area contributed by atoms with E-state index in [-0.39, 0.29) is 17.4 Å². The Balaban J connectivity index is 1.46. The highest BCUT2D eigenvalue weighted by Gasteiger charge is 2.22. The summed E-state index contributed by atoms with van der Waals surface area (Å²) in [6.07, 6.45) is 5.62. The molecule has 0 spiro atoms. The molecule has 0 saturated heterocycles. The van der Waals surface area contributed by atoms with Gasteiger partial charge >= 0.3 is 0 Å². The van der Waals surface area contributed by atoms with Gasteiger partial charge in [0.1, 0.15) is 11.9 Å². The molecule has 0 saturated carbocycles. The van der Waals surface area contributed by atoms with Crippen LogP contribution in [-0.2, 0) is 10.3 Å². The summed E-state index contributed by atoms with van der Waals surface area (Å²) in [4.78, 5) is 17.8. The normalized spacial score (nSPS) is 13.2. The van der Waals surface area contributed by atoms with Crippen LogP contribution < -0.4 is 10.6 Å². The smallest absolute Gasteiger partial charge is 0.247 e. The van der Waals surface area contributed by atoms with E-state index in [9.17, 15) is 4.79 Å². The molecular formula is C30H35N5O. The third kappa shape index (κ3) is 6.26. The highest BCUT2D eigenvalue weighted by Crippen LogP contribution is 2.23. The number of hydrogen-bond donors (Lipinski definition) is 2. The lowest BCUT2D eigenvalue weighted by molar-refractivity contribution is -0.118. The first-order valence-electron chi connectivity index (χ1n) is 12.4. The van der Waals surface area contributed by atoms with E-state index in [0.717, 1.165) is 16.7 Å². The largest absolute Gasteiger partial charge is 0.309 e. The summed E-state index contributed by atoms with van der Waals surface area (Å²) in [5.41, 5.74) is 5.25. The molecule has 0 aliphatic carbocycles. The van der Waals surface area contributed by atoms with Crippen molar-refractivity contribution in [2.75, 3.05) is 11.9 Å². The lowest BCUT2D eigenvalue weighted by Gasteiger charge is -2.21. The summed E-state index contributed by atoms with van der Waals surface area (Å²) >= 11 is 0. The van der Waals surface area contributed by atoms with Crippen molar-refractivity contribution in [2.24, 2.45) is 0 Å².